The molecule has 1 aliphatic heterocycles. The van der Waals surface area contributed by atoms with Gasteiger partial charge in [0.1, 0.15) is 18.1 Å². The molecule has 1 N–H and O–H groups in total. The molecule has 5 aromatic rings. The largest absolute Gasteiger partial charge is 0.507 e. The molecule has 0 bridgehead atoms. The summed E-state index contributed by atoms with van der Waals surface area (Å²) < 4.78 is 6.98. The summed E-state index contributed by atoms with van der Waals surface area (Å²) in [6.07, 6.45) is 0. The Balaban J connectivity index is 1.49. The molecule has 0 aliphatic carbocycles. The lowest BCUT2D eigenvalue weighted by atomic mass is 9.95. The van der Waals surface area contributed by atoms with E-state index in [1.807, 2.05) is 74.5 Å². The summed E-state index contributed by atoms with van der Waals surface area (Å²) in [5, 5.41) is 12.3. The maximum atomic E-state index is 13.7. The zero-order valence-corrected chi connectivity index (χ0v) is 23.9. The van der Waals surface area contributed by atoms with Gasteiger partial charge in [0.15, 0.2) is 5.13 Å². The van der Waals surface area contributed by atoms with Gasteiger partial charge >= 0.3 is 5.91 Å². The minimum atomic E-state index is -0.923. The number of aliphatic hydroxyl groups is 1. The Kier molecular flexibility index (Phi) is 7.07. The fourth-order valence-electron chi connectivity index (χ4n) is 5.09. The molecule has 0 radical (unpaired) electrons. The first-order valence-electron chi connectivity index (χ1n) is 13.0. The van der Waals surface area contributed by atoms with Crippen LogP contribution < -0.4 is 9.64 Å². The monoisotopic (exact) mass is 580 g/mol. The number of benzene rings is 4. The fraction of sp³-hybridized carbons (Fsp3) is 0.121. The smallest absolute Gasteiger partial charge is 0.301 e. The quantitative estimate of drug-likeness (QED) is 0.126. The molecule has 1 saturated heterocycles. The Bertz CT molecular complexity index is 1830. The van der Waals surface area contributed by atoms with E-state index in [2.05, 4.69) is 0 Å². The van der Waals surface area contributed by atoms with Gasteiger partial charge in [0.25, 0.3) is 5.78 Å². The second-order valence-electron chi connectivity index (χ2n) is 9.95. The van der Waals surface area contributed by atoms with Crippen molar-refractivity contribution in [2.75, 3.05) is 4.90 Å². The first kappa shape index (κ1) is 26.7. The Labute approximate surface area is 246 Å². The van der Waals surface area contributed by atoms with Crippen LogP contribution in [0.5, 0.6) is 5.75 Å². The molecule has 1 atom stereocenters. The maximum Gasteiger partial charge on any atom is 0.301 e. The molecule has 1 aromatic heterocycles. The van der Waals surface area contributed by atoms with Gasteiger partial charge in [-0.25, -0.2) is 4.98 Å². The van der Waals surface area contributed by atoms with E-state index < -0.39 is 17.7 Å². The van der Waals surface area contributed by atoms with Gasteiger partial charge in [-0.3, -0.25) is 14.5 Å². The minimum absolute atomic E-state index is 0.0234. The maximum absolute atomic E-state index is 13.7. The number of nitrogens with zero attached hydrogens (tertiary/aromatic N) is 2. The van der Waals surface area contributed by atoms with Gasteiger partial charge in [-0.05, 0) is 78.6 Å². The standard InChI is InChI=1S/C33H25ClN2O4S/c1-19-15-20(2)28-26(16-19)41-33(35-28)36-29(23-9-6-10-25(17-23)40-18-21-7-4-3-5-8-21)27(31(38)32(36)39)30(37)22-11-13-24(34)14-12-22/h3-17,29,37H,18H2,1-2H3/b30-27+. The predicted molar refractivity (Wildman–Crippen MR) is 163 cm³/mol. The summed E-state index contributed by atoms with van der Waals surface area (Å²) in [5.41, 5.74) is 4.80. The van der Waals surface area contributed by atoms with Gasteiger partial charge in [0.2, 0.25) is 0 Å². The highest BCUT2D eigenvalue weighted by Crippen LogP contribution is 2.45. The Morgan fingerprint density at radius 3 is 2.49 bits per heavy atom. The molecule has 6 rings (SSSR count). The van der Waals surface area contributed by atoms with Crippen LogP contribution in [0, 0.1) is 13.8 Å². The number of ketones is 1. The summed E-state index contributed by atoms with van der Waals surface area (Å²) in [6, 6.07) is 26.6. The van der Waals surface area contributed by atoms with E-state index in [0.29, 0.717) is 33.6 Å². The number of amides is 1. The molecule has 4 aromatic carbocycles. The Morgan fingerprint density at radius 2 is 1.73 bits per heavy atom. The first-order valence-corrected chi connectivity index (χ1v) is 14.2. The second-order valence-corrected chi connectivity index (χ2v) is 11.4. The van der Waals surface area contributed by atoms with Gasteiger partial charge in [-0.1, -0.05) is 71.5 Å². The number of thiazole rings is 1. The molecule has 8 heteroatoms. The molecule has 1 fully saturated rings. The van der Waals surface area contributed by atoms with Gasteiger partial charge in [0, 0.05) is 10.6 Å². The Morgan fingerprint density at radius 1 is 0.976 bits per heavy atom. The number of rotatable bonds is 6. The Hall–Kier alpha value is -4.46. The number of anilines is 1. The third-order valence-corrected chi connectivity index (χ3v) is 8.26. The van der Waals surface area contributed by atoms with Crippen molar-refractivity contribution >= 4 is 55.7 Å². The molecule has 1 aliphatic rings. The van der Waals surface area contributed by atoms with Crippen molar-refractivity contribution in [3.8, 4) is 5.75 Å². The van der Waals surface area contributed by atoms with Crippen molar-refractivity contribution in [1.82, 2.24) is 4.98 Å². The van der Waals surface area contributed by atoms with Crippen molar-refractivity contribution in [3.63, 3.8) is 0 Å². The normalized spacial score (nSPS) is 16.5. The lowest BCUT2D eigenvalue weighted by Gasteiger charge is -2.23. The van der Waals surface area contributed by atoms with E-state index in [1.165, 1.54) is 16.2 Å². The molecule has 1 amide bonds. The highest BCUT2D eigenvalue weighted by Gasteiger charge is 2.48. The number of ether oxygens (including phenoxy) is 1. The van der Waals surface area contributed by atoms with Gasteiger partial charge in [0.05, 0.1) is 21.8 Å². The number of carbonyl (C=O) groups excluding carboxylic acids is 2. The van der Waals surface area contributed by atoms with Crippen molar-refractivity contribution in [1.29, 1.82) is 0 Å². The van der Waals surface area contributed by atoms with Crippen molar-refractivity contribution in [2.45, 2.75) is 26.5 Å². The lowest BCUT2D eigenvalue weighted by molar-refractivity contribution is -0.132. The van der Waals surface area contributed by atoms with Crippen LogP contribution in [0.2, 0.25) is 5.02 Å². The zero-order chi connectivity index (χ0) is 28.7. The zero-order valence-electron chi connectivity index (χ0n) is 22.3. The molecule has 41 heavy (non-hydrogen) atoms. The third-order valence-electron chi connectivity index (χ3n) is 7.01. The van der Waals surface area contributed by atoms with E-state index in [-0.39, 0.29) is 11.3 Å². The fourth-order valence-corrected chi connectivity index (χ4v) is 6.38. The minimum Gasteiger partial charge on any atom is -0.507 e. The van der Waals surface area contributed by atoms with Crippen LogP contribution in [-0.4, -0.2) is 21.8 Å². The summed E-state index contributed by atoms with van der Waals surface area (Å²) in [7, 11) is 0. The molecular weight excluding hydrogens is 556 g/mol. The van der Waals surface area contributed by atoms with Gasteiger partial charge in [-0.2, -0.15) is 0 Å². The summed E-state index contributed by atoms with van der Waals surface area (Å²) >= 11 is 7.40. The molecule has 2 heterocycles. The highest BCUT2D eigenvalue weighted by molar-refractivity contribution is 7.22. The van der Waals surface area contributed by atoms with Gasteiger partial charge in [-0.15, -0.1) is 0 Å². The number of hydrogen-bond acceptors (Lipinski definition) is 6. The van der Waals surface area contributed by atoms with E-state index in [9.17, 15) is 14.7 Å². The average molecular weight is 581 g/mol. The van der Waals surface area contributed by atoms with Crippen molar-refractivity contribution < 1.29 is 19.4 Å². The molecular formula is C33H25ClN2O4S. The number of aliphatic hydroxyl groups excluding tert-OH is 1. The molecule has 1 unspecified atom stereocenters. The van der Waals surface area contributed by atoms with E-state index >= 15 is 0 Å². The molecule has 204 valence electrons. The number of aryl methyl sites for hydroxylation is 2. The summed E-state index contributed by atoms with van der Waals surface area (Å²) in [5.74, 6) is -1.25. The number of halogens is 1. The van der Waals surface area contributed by atoms with E-state index in [1.54, 1.807) is 30.3 Å². The van der Waals surface area contributed by atoms with Crippen LogP contribution in [0.1, 0.15) is 33.9 Å². The van der Waals surface area contributed by atoms with Crippen LogP contribution in [0.15, 0.2) is 96.6 Å². The summed E-state index contributed by atoms with van der Waals surface area (Å²) in [4.78, 5) is 33.4. The SMILES string of the molecule is Cc1cc(C)c2nc(N3C(=O)C(=O)/C(=C(/O)c4ccc(Cl)cc4)C3c3cccc(OCc4ccccc4)c3)sc2c1. The van der Waals surface area contributed by atoms with Crippen molar-refractivity contribution in [2.24, 2.45) is 0 Å². The average Bonchev–Trinajstić information content (AvgIpc) is 3.51. The van der Waals surface area contributed by atoms with Crippen LogP contribution in [-0.2, 0) is 16.2 Å². The number of hydrogen-bond donors (Lipinski definition) is 1. The topological polar surface area (TPSA) is 79.7 Å². The van der Waals surface area contributed by atoms with Crippen LogP contribution in [0.4, 0.5) is 5.13 Å². The third kappa shape index (κ3) is 5.10. The van der Waals surface area contributed by atoms with Crippen LogP contribution in [0.3, 0.4) is 0 Å². The van der Waals surface area contributed by atoms with Crippen LogP contribution in [0.25, 0.3) is 16.0 Å². The lowest BCUT2D eigenvalue weighted by Crippen LogP contribution is -2.29. The van der Waals surface area contributed by atoms with Crippen LogP contribution >= 0.6 is 22.9 Å². The summed E-state index contributed by atoms with van der Waals surface area (Å²) in [6.45, 7) is 4.33. The first-order chi connectivity index (χ1) is 19.8. The van der Waals surface area contributed by atoms with Crippen molar-refractivity contribution in [3.05, 3.63) is 129 Å². The highest BCUT2D eigenvalue weighted by atomic mass is 35.5. The number of fused-ring (bicyclic) bond motifs is 1. The molecule has 6 nitrogen and oxygen atoms in total. The van der Waals surface area contributed by atoms with E-state index in [4.69, 9.17) is 21.3 Å². The van der Waals surface area contributed by atoms with Gasteiger partial charge < -0.3 is 9.84 Å². The number of Topliss-reactive ketones (excluding diaryl/α,β-unsaturated/α-hetero) is 1. The molecule has 0 saturated carbocycles. The number of aromatic nitrogens is 1. The second kappa shape index (κ2) is 10.8. The number of carbonyl (C=O) groups is 2. The van der Waals surface area contributed by atoms with E-state index in [0.717, 1.165) is 26.9 Å². The predicted octanol–water partition coefficient (Wildman–Crippen LogP) is 7.77. The molecule has 0 spiro atoms.